The van der Waals surface area contributed by atoms with Crippen LogP contribution in [0.2, 0.25) is 0 Å². The monoisotopic (exact) mass is 229 g/mol. The molecule has 0 saturated carbocycles. The van der Waals surface area contributed by atoms with Crippen molar-refractivity contribution in [3.05, 3.63) is 47.8 Å². The Balaban J connectivity index is 2.45. The summed E-state index contributed by atoms with van der Waals surface area (Å²) in [5, 5.41) is 9.25. The molecule has 0 spiro atoms. The fourth-order valence-corrected chi connectivity index (χ4v) is 1.71. The molecule has 0 bridgehead atoms. The van der Waals surface area contributed by atoms with Crippen molar-refractivity contribution in [1.82, 2.24) is 4.98 Å². The fourth-order valence-electron chi connectivity index (χ4n) is 1.71. The van der Waals surface area contributed by atoms with Crippen molar-refractivity contribution in [2.45, 2.75) is 13.5 Å². The van der Waals surface area contributed by atoms with Crippen molar-refractivity contribution in [3.8, 4) is 16.9 Å². The molecule has 1 N–H and O–H groups in total. The second-order valence-corrected chi connectivity index (χ2v) is 3.91. The second-order valence-electron chi connectivity index (χ2n) is 3.91. The molecule has 1 aromatic heterocycles. The molecule has 0 amide bonds. The van der Waals surface area contributed by atoms with Gasteiger partial charge in [0.15, 0.2) is 0 Å². The predicted molar refractivity (Wildman–Crippen MR) is 66.9 cm³/mol. The van der Waals surface area contributed by atoms with Crippen molar-refractivity contribution < 1.29 is 9.84 Å². The van der Waals surface area contributed by atoms with Crippen LogP contribution in [-0.4, -0.2) is 17.2 Å². The Labute approximate surface area is 101 Å². The van der Waals surface area contributed by atoms with Crippen molar-refractivity contribution in [3.63, 3.8) is 0 Å². The molecular formula is C14H15NO2. The Morgan fingerprint density at radius 1 is 1.18 bits per heavy atom. The number of benzene rings is 1. The van der Waals surface area contributed by atoms with Gasteiger partial charge in [-0.15, -0.1) is 0 Å². The smallest absolute Gasteiger partial charge is 0.137 e. The average Bonchev–Trinajstić information content (AvgIpc) is 2.39. The molecule has 17 heavy (non-hydrogen) atoms. The van der Waals surface area contributed by atoms with E-state index in [4.69, 9.17) is 4.74 Å². The number of rotatable bonds is 3. The Kier molecular flexibility index (Phi) is 3.40. The number of aryl methyl sites for hydroxylation is 1. The van der Waals surface area contributed by atoms with Gasteiger partial charge in [0, 0.05) is 11.8 Å². The molecule has 3 nitrogen and oxygen atoms in total. The van der Waals surface area contributed by atoms with E-state index in [1.807, 2.05) is 31.2 Å². The molecule has 2 rings (SSSR count). The van der Waals surface area contributed by atoms with Crippen LogP contribution in [-0.2, 0) is 6.61 Å². The first-order chi connectivity index (χ1) is 8.24. The highest BCUT2D eigenvalue weighted by Crippen LogP contribution is 2.24. The Morgan fingerprint density at radius 2 is 2.00 bits per heavy atom. The van der Waals surface area contributed by atoms with Crippen molar-refractivity contribution in [1.29, 1.82) is 0 Å². The third-order valence-electron chi connectivity index (χ3n) is 2.80. The number of nitrogens with zero attached hydrogens (tertiary/aromatic N) is 1. The fraction of sp³-hybridized carbons (Fsp3) is 0.214. The minimum absolute atomic E-state index is 0.0526. The van der Waals surface area contributed by atoms with E-state index in [1.54, 1.807) is 19.5 Å². The van der Waals surface area contributed by atoms with E-state index in [2.05, 4.69) is 4.98 Å². The first-order valence-electron chi connectivity index (χ1n) is 5.44. The van der Waals surface area contributed by atoms with E-state index in [0.717, 1.165) is 28.0 Å². The Bertz CT molecular complexity index is 523. The molecule has 0 aliphatic carbocycles. The number of aromatic nitrogens is 1. The van der Waals surface area contributed by atoms with Crippen LogP contribution in [0.1, 0.15) is 11.1 Å². The molecule has 2 aromatic rings. The van der Waals surface area contributed by atoms with Gasteiger partial charge in [0.1, 0.15) is 5.75 Å². The first kappa shape index (κ1) is 11.6. The maximum absolute atomic E-state index is 9.25. The van der Waals surface area contributed by atoms with E-state index >= 15 is 0 Å². The molecule has 0 unspecified atom stereocenters. The number of ether oxygens (including phenoxy) is 1. The lowest BCUT2D eigenvalue weighted by Crippen LogP contribution is -1.91. The standard InChI is InChI=1S/C14H15NO2/c1-10-3-4-11(5-13(10)9-16)12-6-14(17-2)8-15-7-12/h3-8,16H,9H2,1-2H3. The van der Waals surface area contributed by atoms with Gasteiger partial charge >= 0.3 is 0 Å². The highest BCUT2D eigenvalue weighted by molar-refractivity contribution is 5.65. The molecule has 1 heterocycles. The normalized spacial score (nSPS) is 10.3. The molecule has 0 radical (unpaired) electrons. The molecule has 0 aliphatic heterocycles. The van der Waals surface area contributed by atoms with Crippen LogP contribution in [0.15, 0.2) is 36.7 Å². The van der Waals surface area contributed by atoms with Gasteiger partial charge in [-0.25, -0.2) is 0 Å². The maximum atomic E-state index is 9.25. The summed E-state index contributed by atoms with van der Waals surface area (Å²) in [7, 11) is 1.62. The van der Waals surface area contributed by atoms with Crippen LogP contribution in [0.25, 0.3) is 11.1 Å². The summed E-state index contributed by atoms with van der Waals surface area (Å²) in [5.74, 6) is 0.730. The molecular weight excluding hydrogens is 214 g/mol. The summed E-state index contributed by atoms with van der Waals surface area (Å²) in [5.41, 5.74) is 4.04. The lowest BCUT2D eigenvalue weighted by atomic mass is 10.0. The van der Waals surface area contributed by atoms with Gasteiger partial charge in [-0.05, 0) is 35.7 Å². The van der Waals surface area contributed by atoms with Gasteiger partial charge in [-0.3, -0.25) is 4.98 Å². The number of hydrogen-bond donors (Lipinski definition) is 1. The quantitative estimate of drug-likeness (QED) is 0.879. The van der Waals surface area contributed by atoms with E-state index in [0.29, 0.717) is 0 Å². The Hall–Kier alpha value is -1.87. The molecule has 0 fully saturated rings. The average molecular weight is 229 g/mol. The molecule has 3 heteroatoms. The summed E-state index contributed by atoms with van der Waals surface area (Å²) in [6, 6.07) is 7.93. The van der Waals surface area contributed by atoms with Crippen LogP contribution in [0.3, 0.4) is 0 Å². The van der Waals surface area contributed by atoms with Gasteiger partial charge in [-0.1, -0.05) is 12.1 Å². The highest BCUT2D eigenvalue weighted by Gasteiger charge is 2.03. The molecule has 88 valence electrons. The second kappa shape index (κ2) is 4.97. The van der Waals surface area contributed by atoms with Crippen LogP contribution >= 0.6 is 0 Å². The minimum Gasteiger partial charge on any atom is -0.495 e. The van der Waals surface area contributed by atoms with E-state index in [1.165, 1.54) is 0 Å². The van der Waals surface area contributed by atoms with Gasteiger partial charge in [-0.2, -0.15) is 0 Å². The number of aliphatic hydroxyl groups excluding tert-OH is 1. The van der Waals surface area contributed by atoms with E-state index in [9.17, 15) is 5.11 Å². The largest absolute Gasteiger partial charge is 0.495 e. The first-order valence-corrected chi connectivity index (χ1v) is 5.44. The third kappa shape index (κ3) is 2.45. The van der Waals surface area contributed by atoms with E-state index in [-0.39, 0.29) is 6.61 Å². The SMILES string of the molecule is COc1cncc(-c2ccc(C)c(CO)c2)c1. The predicted octanol–water partition coefficient (Wildman–Crippen LogP) is 2.56. The summed E-state index contributed by atoms with van der Waals surface area (Å²) in [6.45, 7) is 2.04. The van der Waals surface area contributed by atoms with Crippen LogP contribution in [0.5, 0.6) is 5.75 Å². The van der Waals surface area contributed by atoms with E-state index < -0.39 is 0 Å². The lowest BCUT2D eigenvalue weighted by Gasteiger charge is -2.07. The van der Waals surface area contributed by atoms with Crippen molar-refractivity contribution in [2.75, 3.05) is 7.11 Å². The number of pyridine rings is 1. The number of hydrogen-bond acceptors (Lipinski definition) is 3. The zero-order valence-corrected chi connectivity index (χ0v) is 9.97. The van der Waals surface area contributed by atoms with Gasteiger partial charge in [0.05, 0.1) is 19.9 Å². The van der Waals surface area contributed by atoms with Gasteiger partial charge in [0.25, 0.3) is 0 Å². The zero-order valence-electron chi connectivity index (χ0n) is 9.97. The zero-order chi connectivity index (χ0) is 12.3. The topological polar surface area (TPSA) is 42.4 Å². The minimum atomic E-state index is 0.0526. The van der Waals surface area contributed by atoms with Crippen LogP contribution < -0.4 is 4.74 Å². The van der Waals surface area contributed by atoms with Gasteiger partial charge < -0.3 is 9.84 Å². The van der Waals surface area contributed by atoms with Crippen LogP contribution in [0.4, 0.5) is 0 Å². The summed E-state index contributed by atoms with van der Waals surface area (Å²) < 4.78 is 5.14. The Morgan fingerprint density at radius 3 is 2.71 bits per heavy atom. The lowest BCUT2D eigenvalue weighted by molar-refractivity contribution is 0.281. The maximum Gasteiger partial charge on any atom is 0.137 e. The van der Waals surface area contributed by atoms with Crippen molar-refractivity contribution >= 4 is 0 Å². The van der Waals surface area contributed by atoms with Gasteiger partial charge in [0.2, 0.25) is 0 Å². The number of aliphatic hydroxyl groups is 1. The number of methoxy groups -OCH3 is 1. The summed E-state index contributed by atoms with van der Waals surface area (Å²) >= 11 is 0. The van der Waals surface area contributed by atoms with Crippen LogP contribution in [0, 0.1) is 6.92 Å². The van der Waals surface area contributed by atoms with Crippen molar-refractivity contribution in [2.24, 2.45) is 0 Å². The highest BCUT2D eigenvalue weighted by atomic mass is 16.5. The third-order valence-corrected chi connectivity index (χ3v) is 2.80. The molecule has 0 aliphatic rings. The molecule has 1 aromatic carbocycles. The summed E-state index contributed by atoms with van der Waals surface area (Å²) in [4.78, 5) is 4.12. The molecule has 0 atom stereocenters. The molecule has 0 saturated heterocycles. The summed E-state index contributed by atoms with van der Waals surface area (Å²) in [6.07, 6.45) is 3.46.